The van der Waals surface area contributed by atoms with Crippen molar-refractivity contribution >= 4 is 39.5 Å². The molecule has 3 unspecified atom stereocenters. The van der Waals surface area contributed by atoms with E-state index in [0.29, 0.717) is 25.7 Å². The van der Waals surface area contributed by atoms with E-state index in [2.05, 4.69) is 34.6 Å². The fraction of sp³-hybridized carbons (Fsp3) is 0.941. The summed E-state index contributed by atoms with van der Waals surface area (Å²) in [6.45, 7) is 7.09. The summed E-state index contributed by atoms with van der Waals surface area (Å²) >= 11 is 0. The molecular formula is C68H132O17P2. The molecule has 0 fully saturated rings. The van der Waals surface area contributed by atoms with Crippen molar-refractivity contribution in [2.75, 3.05) is 39.6 Å². The highest BCUT2D eigenvalue weighted by Crippen LogP contribution is 2.45. The summed E-state index contributed by atoms with van der Waals surface area (Å²) in [4.78, 5) is 72.1. The maximum Gasteiger partial charge on any atom is 0.472 e. The van der Waals surface area contributed by atoms with Crippen LogP contribution in [0.1, 0.15) is 349 Å². The Labute approximate surface area is 530 Å². The summed E-state index contributed by atoms with van der Waals surface area (Å²) in [6, 6.07) is 0. The van der Waals surface area contributed by atoms with Crippen LogP contribution in [0.25, 0.3) is 0 Å². The molecule has 0 amide bonds. The summed E-state index contributed by atoms with van der Waals surface area (Å²) in [6.07, 6.45) is 47.7. The van der Waals surface area contributed by atoms with Crippen LogP contribution in [0.5, 0.6) is 0 Å². The molecule has 516 valence electrons. The summed E-state index contributed by atoms with van der Waals surface area (Å²) in [5, 5.41) is 10.5. The zero-order valence-electron chi connectivity index (χ0n) is 56.2. The molecule has 0 rings (SSSR count). The van der Waals surface area contributed by atoms with Gasteiger partial charge in [0, 0.05) is 25.7 Å². The first kappa shape index (κ1) is 85.1. The molecule has 0 radical (unpaired) electrons. The van der Waals surface area contributed by atoms with Crippen molar-refractivity contribution in [1.82, 2.24) is 0 Å². The van der Waals surface area contributed by atoms with E-state index < -0.39 is 97.5 Å². The normalized spacial score (nSPS) is 14.4. The van der Waals surface area contributed by atoms with Gasteiger partial charge in [0.15, 0.2) is 12.2 Å². The second kappa shape index (κ2) is 61.6. The number of carbonyl (C=O) groups excluding carboxylic acids is 4. The number of hydrogen-bond acceptors (Lipinski definition) is 15. The van der Waals surface area contributed by atoms with Gasteiger partial charge in [-0.15, -0.1) is 0 Å². The molecule has 3 N–H and O–H groups in total. The zero-order chi connectivity index (χ0) is 64.2. The molecule has 6 atom stereocenters. The van der Waals surface area contributed by atoms with Gasteiger partial charge in [0.1, 0.15) is 19.3 Å². The molecule has 0 saturated heterocycles. The van der Waals surface area contributed by atoms with Gasteiger partial charge in [-0.05, 0) is 31.6 Å². The van der Waals surface area contributed by atoms with E-state index in [-0.39, 0.29) is 25.7 Å². The molecule has 0 heterocycles. The number of aliphatic hydroxyl groups excluding tert-OH is 1. The molecule has 0 spiro atoms. The van der Waals surface area contributed by atoms with Crippen LogP contribution >= 0.6 is 15.6 Å². The maximum atomic E-state index is 13.0. The van der Waals surface area contributed by atoms with Crippen LogP contribution < -0.4 is 0 Å². The number of ether oxygens (including phenoxy) is 4. The summed E-state index contributed by atoms with van der Waals surface area (Å²) < 4.78 is 68.0. The second-order valence-corrected chi connectivity index (χ2v) is 27.7. The minimum Gasteiger partial charge on any atom is -0.462 e. The Hall–Kier alpha value is -1.94. The average molecular weight is 1280 g/mol. The minimum atomic E-state index is -4.95. The van der Waals surface area contributed by atoms with Gasteiger partial charge in [0.2, 0.25) is 0 Å². The Morgan fingerprint density at radius 2 is 0.552 bits per heavy atom. The number of phosphoric ester groups is 2. The van der Waals surface area contributed by atoms with Crippen molar-refractivity contribution in [3.63, 3.8) is 0 Å². The lowest BCUT2D eigenvalue weighted by molar-refractivity contribution is -0.161. The van der Waals surface area contributed by atoms with Crippen molar-refractivity contribution in [3.8, 4) is 0 Å². The number of hydrogen-bond donors (Lipinski definition) is 3. The molecule has 17 nitrogen and oxygen atoms in total. The molecule has 0 aliphatic rings. The van der Waals surface area contributed by atoms with E-state index >= 15 is 0 Å². The number of aliphatic hydroxyl groups is 1. The van der Waals surface area contributed by atoms with Gasteiger partial charge in [-0.2, -0.15) is 0 Å². The maximum absolute atomic E-state index is 13.0. The van der Waals surface area contributed by atoms with E-state index in [1.807, 2.05) is 0 Å². The summed E-state index contributed by atoms with van der Waals surface area (Å²) in [5.74, 6) is -1.42. The van der Waals surface area contributed by atoms with Gasteiger partial charge >= 0.3 is 39.5 Å². The Bertz CT molecular complexity index is 1690. The molecule has 0 bridgehead atoms. The molecule has 0 aromatic carbocycles. The highest BCUT2D eigenvalue weighted by molar-refractivity contribution is 7.47. The third-order valence-corrected chi connectivity index (χ3v) is 18.0. The predicted molar refractivity (Wildman–Crippen MR) is 349 cm³/mol. The van der Waals surface area contributed by atoms with Crippen LogP contribution in [-0.2, 0) is 65.4 Å². The SMILES string of the molecule is CCCCCCCCCCCCCCCCCCCCC(=O)O[C@H](COC(=O)CCCCCCCCCCCCCCCC)COP(=O)(O)OC[C@@H](O)COP(=O)(O)OC[C@@H](COC(=O)CCCCCCC)OC(=O)CCCCCCCCC(C)CC. The largest absolute Gasteiger partial charge is 0.472 e. The highest BCUT2D eigenvalue weighted by atomic mass is 31.2. The van der Waals surface area contributed by atoms with Gasteiger partial charge in [-0.25, -0.2) is 9.13 Å². The first-order valence-electron chi connectivity index (χ1n) is 35.7. The second-order valence-electron chi connectivity index (χ2n) is 24.8. The topological polar surface area (TPSA) is 237 Å². The molecule has 0 saturated carbocycles. The number of phosphoric acid groups is 2. The van der Waals surface area contributed by atoms with E-state index in [1.54, 1.807) is 0 Å². The van der Waals surface area contributed by atoms with Gasteiger partial charge in [0.05, 0.1) is 26.4 Å². The van der Waals surface area contributed by atoms with Crippen LogP contribution in [0.2, 0.25) is 0 Å². The quantitative estimate of drug-likeness (QED) is 0.0222. The molecular weight excluding hydrogens is 1150 g/mol. The molecule has 19 heteroatoms. The number of esters is 4. The first-order chi connectivity index (χ1) is 42.1. The zero-order valence-corrected chi connectivity index (χ0v) is 57.9. The van der Waals surface area contributed by atoms with Crippen molar-refractivity contribution in [2.24, 2.45) is 5.92 Å². The van der Waals surface area contributed by atoms with Crippen molar-refractivity contribution in [3.05, 3.63) is 0 Å². The number of carbonyl (C=O) groups is 4. The number of unbranched alkanes of at least 4 members (excludes halogenated alkanes) is 39. The third kappa shape index (κ3) is 61.3. The summed E-state index contributed by atoms with van der Waals surface area (Å²) in [7, 11) is -9.88. The van der Waals surface area contributed by atoms with Crippen LogP contribution in [0.3, 0.4) is 0 Å². The van der Waals surface area contributed by atoms with E-state index in [9.17, 15) is 43.2 Å². The molecule has 0 aliphatic carbocycles. The lowest BCUT2D eigenvalue weighted by Gasteiger charge is -2.21. The van der Waals surface area contributed by atoms with Crippen molar-refractivity contribution in [2.45, 2.75) is 368 Å². The van der Waals surface area contributed by atoms with E-state index in [0.717, 1.165) is 102 Å². The Morgan fingerprint density at radius 1 is 0.322 bits per heavy atom. The fourth-order valence-electron chi connectivity index (χ4n) is 10.3. The first-order valence-corrected chi connectivity index (χ1v) is 38.7. The smallest absolute Gasteiger partial charge is 0.462 e. The monoisotopic (exact) mass is 1280 g/mol. The Balaban J connectivity index is 5.15. The molecule has 0 aliphatic heterocycles. The van der Waals surface area contributed by atoms with Crippen molar-refractivity contribution < 1.29 is 80.2 Å². The van der Waals surface area contributed by atoms with E-state index in [4.69, 9.17) is 37.0 Å². The molecule has 87 heavy (non-hydrogen) atoms. The molecule has 0 aromatic heterocycles. The highest BCUT2D eigenvalue weighted by Gasteiger charge is 2.30. The lowest BCUT2D eigenvalue weighted by Crippen LogP contribution is -2.30. The average Bonchev–Trinajstić information content (AvgIpc) is 3.69. The summed E-state index contributed by atoms with van der Waals surface area (Å²) in [5.41, 5.74) is 0. The van der Waals surface area contributed by atoms with Crippen LogP contribution in [0, 0.1) is 5.92 Å². The minimum absolute atomic E-state index is 0.102. The van der Waals surface area contributed by atoms with Crippen LogP contribution in [0.4, 0.5) is 0 Å². The van der Waals surface area contributed by atoms with Crippen LogP contribution in [0.15, 0.2) is 0 Å². The standard InChI is InChI=1S/C68H132O17P2/c1-6-10-13-16-18-20-22-24-26-27-28-29-31-33-35-37-43-48-53-67(72)84-64(58-79-66(71)52-47-42-36-34-32-30-25-23-21-19-17-14-11-7-2)60-83-87(76,77)81-56-62(69)55-80-86(74,75)82-59-63(57-78-65(70)51-46-40-15-12-8-3)85-68(73)54-49-44-39-38-41-45-50-61(5)9-4/h61-64,69H,6-60H2,1-5H3,(H,74,75)(H,76,77)/t61?,62-,63+,64+/m0/s1. The van der Waals surface area contributed by atoms with Gasteiger partial charge in [0.25, 0.3) is 0 Å². The Morgan fingerprint density at radius 3 is 0.816 bits per heavy atom. The molecule has 0 aromatic rings. The van der Waals surface area contributed by atoms with Crippen LogP contribution in [-0.4, -0.2) is 96.7 Å². The fourth-order valence-corrected chi connectivity index (χ4v) is 11.8. The van der Waals surface area contributed by atoms with Gasteiger partial charge in [-0.1, -0.05) is 298 Å². The Kier molecular flexibility index (Phi) is 60.2. The van der Waals surface area contributed by atoms with Gasteiger partial charge < -0.3 is 33.8 Å². The van der Waals surface area contributed by atoms with E-state index in [1.165, 1.54) is 167 Å². The lowest BCUT2D eigenvalue weighted by atomic mass is 10.00. The van der Waals surface area contributed by atoms with Gasteiger partial charge in [-0.3, -0.25) is 37.3 Å². The van der Waals surface area contributed by atoms with Crippen molar-refractivity contribution in [1.29, 1.82) is 0 Å². The number of rotatable bonds is 68. The third-order valence-electron chi connectivity index (χ3n) is 16.1. The predicted octanol–water partition coefficient (Wildman–Crippen LogP) is 19.4.